The lowest BCUT2D eigenvalue weighted by Gasteiger charge is -2.32. The molecule has 1 fully saturated rings. The third-order valence-corrected chi connectivity index (χ3v) is 3.89. The summed E-state index contributed by atoms with van der Waals surface area (Å²) in [6, 6.07) is 0. The Balaban J connectivity index is 1.95. The van der Waals surface area contributed by atoms with E-state index >= 15 is 0 Å². The molecule has 1 saturated heterocycles. The largest absolute Gasteiger partial charge is 0.381 e. The molecule has 0 aromatic carbocycles. The summed E-state index contributed by atoms with van der Waals surface area (Å²) in [5.41, 5.74) is 0. The Labute approximate surface area is 117 Å². The molecule has 3 nitrogen and oxygen atoms in total. The monoisotopic (exact) mass is 274 g/mol. The second-order valence-corrected chi connectivity index (χ2v) is 6.36. The average molecular weight is 274 g/mol. The molecule has 4 heteroatoms. The maximum absolute atomic E-state index is 5.77. The molecule has 18 heavy (non-hydrogen) atoms. The van der Waals surface area contributed by atoms with Gasteiger partial charge in [-0.05, 0) is 50.4 Å². The smallest absolute Gasteiger partial charge is 0.0495 e. The van der Waals surface area contributed by atoms with E-state index in [4.69, 9.17) is 4.74 Å². The highest BCUT2D eigenvalue weighted by molar-refractivity contribution is 7.96. The molecule has 0 unspecified atom stereocenters. The van der Waals surface area contributed by atoms with Crippen LogP contribution in [0.15, 0.2) is 0 Å². The second-order valence-electron chi connectivity index (χ2n) is 5.66. The summed E-state index contributed by atoms with van der Waals surface area (Å²) in [6.07, 6.45) is 5.81. The summed E-state index contributed by atoms with van der Waals surface area (Å²) in [5.74, 6) is 1.59. The summed E-state index contributed by atoms with van der Waals surface area (Å²) in [7, 11) is 0. The van der Waals surface area contributed by atoms with Gasteiger partial charge in [-0.25, -0.2) is 0 Å². The summed E-state index contributed by atoms with van der Waals surface area (Å²) in [6.45, 7) is 11.3. The van der Waals surface area contributed by atoms with Crippen LogP contribution in [0.25, 0.3) is 0 Å². The van der Waals surface area contributed by atoms with Crippen molar-refractivity contribution in [1.82, 2.24) is 9.62 Å². The van der Waals surface area contributed by atoms with Crippen molar-refractivity contribution in [3.05, 3.63) is 0 Å². The Hall–Kier alpha value is 0.230. The Bertz CT molecular complexity index is 194. The third kappa shape index (κ3) is 7.62. The zero-order chi connectivity index (χ0) is 13.2. The van der Waals surface area contributed by atoms with E-state index in [1.54, 1.807) is 11.9 Å². The van der Waals surface area contributed by atoms with Crippen LogP contribution in [-0.4, -0.2) is 50.5 Å². The minimum absolute atomic E-state index is 0.793. The van der Waals surface area contributed by atoms with Crippen LogP contribution in [0, 0.1) is 11.8 Å². The van der Waals surface area contributed by atoms with E-state index < -0.39 is 0 Å². The number of likely N-dealkylation sites (tertiary alicyclic amines) is 1. The van der Waals surface area contributed by atoms with E-state index in [-0.39, 0.29) is 0 Å². The minimum atomic E-state index is 0.793. The molecule has 0 atom stereocenters. The lowest BCUT2D eigenvalue weighted by Crippen LogP contribution is -2.37. The van der Waals surface area contributed by atoms with Crippen molar-refractivity contribution in [3.63, 3.8) is 0 Å². The molecule has 0 radical (unpaired) electrons. The lowest BCUT2D eigenvalue weighted by molar-refractivity contribution is 0.0638. The molecule has 0 spiro atoms. The van der Waals surface area contributed by atoms with Crippen LogP contribution in [0.5, 0.6) is 0 Å². The number of nitrogens with zero attached hydrogens (tertiary/aromatic N) is 1. The fraction of sp³-hybridized carbons (Fsp3) is 1.00. The van der Waals surface area contributed by atoms with E-state index in [1.165, 1.54) is 32.5 Å². The van der Waals surface area contributed by atoms with Crippen LogP contribution in [-0.2, 0) is 4.74 Å². The highest BCUT2D eigenvalue weighted by atomic mass is 32.2. The van der Waals surface area contributed by atoms with Gasteiger partial charge in [0, 0.05) is 26.3 Å². The summed E-state index contributed by atoms with van der Waals surface area (Å²) < 4.78 is 9.01. The van der Waals surface area contributed by atoms with Crippen LogP contribution >= 0.6 is 11.9 Å². The molecule has 0 aromatic heterocycles. The summed E-state index contributed by atoms with van der Waals surface area (Å²) in [5, 5.41) is 0. The molecule has 108 valence electrons. The fourth-order valence-electron chi connectivity index (χ4n) is 2.45. The van der Waals surface area contributed by atoms with Crippen LogP contribution in [0.2, 0.25) is 0 Å². The van der Waals surface area contributed by atoms with Crippen molar-refractivity contribution in [3.8, 4) is 0 Å². The SMILES string of the molecule is CSNCCCOCC1CCN(CC(C)C)CC1. The molecule has 1 N–H and O–H groups in total. The molecule has 1 aliphatic heterocycles. The number of nitrogens with one attached hydrogen (secondary N) is 1. The molecule has 0 saturated carbocycles. The van der Waals surface area contributed by atoms with Crippen LogP contribution in [0.4, 0.5) is 0 Å². The Kier molecular flexibility index (Phi) is 9.11. The van der Waals surface area contributed by atoms with Gasteiger partial charge in [0.15, 0.2) is 0 Å². The molecule has 1 rings (SSSR count). The van der Waals surface area contributed by atoms with Crippen molar-refractivity contribution in [2.75, 3.05) is 45.6 Å². The van der Waals surface area contributed by atoms with Gasteiger partial charge in [-0.15, -0.1) is 0 Å². The minimum Gasteiger partial charge on any atom is -0.381 e. The molecule has 1 aliphatic rings. The standard InChI is InChI=1S/C14H30N2OS/c1-13(2)11-16-8-5-14(6-9-16)12-17-10-4-7-15-18-3/h13-15H,4-12H2,1-3H3. The molecule has 0 bridgehead atoms. The summed E-state index contributed by atoms with van der Waals surface area (Å²) >= 11 is 1.68. The normalized spacial score (nSPS) is 18.7. The average Bonchev–Trinajstić information content (AvgIpc) is 2.35. The van der Waals surface area contributed by atoms with Crippen LogP contribution in [0.1, 0.15) is 33.1 Å². The van der Waals surface area contributed by atoms with E-state index in [0.717, 1.165) is 38.0 Å². The zero-order valence-electron chi connectivity index (χ0n) is 12.3. The van der Waals surface area contributed by atoms with Gasteiger partial charge >= 0.3 is 0 Å². The summed E-state index contributed by atoms with van der Waals surface area (Å²) in [4.78, 5) is 2.60. The first-order valence-corrected chi connectivity index (χ1v) is 8.50. The highest BCUT2D eigenvalue weighted by Gasteiger charge is 2.19. The Morgan fingerprint density at radius 1 is 1.33 bits per heavy atom. The highest BCUT2D eigenvalue weighted by Crippen LogP contribution is 2.18. The zero-order valence-corrected chi connectivity index (χ0v) is 13.1. The maximum atomic E-state index is 5.77. The number of piperidine rings is 1. The number of hydrogen-bond acceptors (Lipinski definition) is 4. The van der Waals surface area contributed by atoms with Gasteiger partial charge in [0.25, 0.3) is 0 Å². The van der Waals surface area contributed by atoms with Crippen molar-refractivity contribution in [2.45, 2.75) is 33.1 Å². The van der Waals surface area contributed by atoms with E-state index in [1.807, 2.05) is 0 Å². The van der Waals surface area contributed by atoms with E-state index in [2.05, 4.69) is 29.7 Å². The second kappa shape index (κ2) is 10.1. The predicted octanol–water partition coefficient (Wildman–Crippen LogP) is 2.63. The molecular formula is C14H30N2OS. The first-order chi connectivity index (χ1) is 8.72. The predicted molar refractivity (Wildman–Crippen MR) is 81.0 cm³/mol. The molecule has 0 amide bonds. The number of hydrogen-bond donors (Lipinski definition) is 1. The van der Waals surface area contributed by atoms with Crippen molar-refractivity contribution in [2.24, 2.45) is 11.8 Å². The van der Waals surface area contributed by atoms with Crippen LogP contribution < -0.4 is 4.72 Å². The topological polar surface area (TPSA) is 24.5 Å². The quantitative estimate of drug-likeness (QED) is 0.516. The van der Waals surface area contributed by atoms with E-state index in [0.29, 0.717) is 0 Å². The van der Waals surface area contributed by atoms with E-state index in [9.17, 15) is 0 Å². The molecule has 0 aliphatic carbocycles. The fourth-order valence-corrected chi connectivity index (χ4v) is 2.80. The first kappa shape index (κ1) is 16.3. The van der Waals surface area contributed by atoms with Crippen LogP contribution in [0.3, 0.4) is 0 Å². The third-order valence-electron chi connectivity index (χ3n) is 3.40. The number of ether oxygens (including phenoxy) is 1. The van der Waals surface area contributed by atoms with Crippen molar-refractivity contribution >= 4 is 11.9 Å². The van der Waals surface area contributed by atoms with Gasteiger partial charge in [-0.3, -0.25) is 4.72 Å². The Morgan fingerprint density at radius 2 is 2.06 bits per heavy atom. The molecule has 1 heterocycles. The molecular weight excluding hydrogens is 244 g/mol. The van der Waals surface area contributed by atoms with Crippen molar-refractivity contribution < 1.29 is 4.74 Å². The van der Waals surface area contributed by atoms with Gasteiger partial charge < -0.3 is 9.64 Å². The maximum Gasteiger partial charge on any atom is 0.0495 e. The van der Waals surface area contributed by atoms with Crippen molar-refractivity contribution in [1.29, 1.82) is 0 Å². The van der Waals surface area contributed by atoms with Gasteiger partial charge in [0.05, 0.1) is 0 Å². The van der Waals surface area contributed by atoms with Gasteiger partial charge in [0.2, 0.25) is 0 Å². The first-order valence-electron chi connectivity index (χ1n) is 7.28. The van der Waals surface area contributed by atoms with Gasteiger partial charge in [0.1, 0.15) is 0 Å². The lowest BCUT2D eigenvalue weighted by atomic mass is 9.97. The molecule has 0 aromatic rings. The number of rotatable bonds is 9. The van der Waals surface area contributed by atoms with Gasteiger partial charge in [-0.2, -0.15) is 0 Å². The van der Waals surface area contributed by atoms with Gasteiger partial charge in [-0.1, -0.05) is 25.8 Å². The Morgan fingerprint density at radius 3 is 2.67 bits per heavy atom.